The third-order valence-electron chi connectivity index (χ3n) is 7.65. The van der Waals surface area contributed by atoms with E-state index >= 15 is 0 Å². The normalized spacial score (nSPS) is 19.7. The summed E-state index contributed by atoms with van der Waals surface area (Å²) in [6.45, 7) is 2.55. The summed E-state index contributed by atoms with van der Waals surface area (Å²) in [6.07, 6.45) is 5.01. The van der Waals surface area contributed by atoms with Crippen LogP contribution in [-0.2, 0) is 5.54 Å². The highest BCUT2D eigenvalue weighted by Gasteiger charge is 2.44. The van der Waals surface area contributed by atoms with Gasteiger partial charge in [0, 0.05) is 28.9 Å². The monoisotopic (exact) mass is 492 g/mol. The van der Waals surface area contributed by atoms with Crippen LogP contribution in [0.15, 0.2) is 29.6 Å². The lowest BCUT2D eigenvalue weighted by Gasteiger charge is -2.47. The molecule has 0 atom stereocenters. The Balaban J connectivity index is 1.19. The Hall–Kier alpha value is -3.24. The molecule has 182 valence electrons. The second-order valence-corrected chi connectivity index (χ2v) is 10.8. The van der Waals surface area contributed by atoms with Gasteiger partial charge >= 0.3 is 0 Å². The Morgan fingerprint density at radius 3 is 2.71 bits per heavy atom. The summed E-state index contributed by atoms with van der Waals surface area (Å²) in [7, 11) is 2.08. The van der Waals surface area contributed by atoms with E-state index in [1.54, 1.807) is 11.4 Å². The molecule has 3 aliphatic rings. The molecule has 10 heteroatoms. The second-order valence-electron chi connectivity index (χ2n) is 9.94. The van der Waals surface area contributed by atoms with Crippen molar-refractivity contribution in [3.8, 4) is 0 Å². The molecule has 9 nitrogen and oxygen atoms in total. The molecular weight excluding hydrogens is 464 g/mol. The molecule has 2 aliphatic heterocycles. The maximum absolute atomic E-state index is 13.0. The fourth-order valence-electron chi connectivity index (χ4n) is 5.44. The van der Waals surface area contributed by atoms with E-state index in [0.29, 0.717) is 28.6 Å². The minimum Gasteiger partial charge on any atom is -0.348 e. The Bertz CT molecular complexity index is 1330. The Kier molecular flexibility index (Phi) is 5.37. The standard InChI is InChI=1S/C25H28N6O3S/c1-30-9-5-17(6-10-30)27-22(33)18-13-35-24(28-18)29-21(32)16-4-3-15-11-20-23(34)26-14-25(7-2-8-25)31(20)19(15)12-16/h3-4,11-13,17H,2,5-10,14H2,1H3,(H,26,34)(H,27,33)(H,28,29,32). The van der Waals surface area contributed by atoms with Crippen molar-refractivity contribution in [3.05, 3.63) is 46.6 Å². The number of carbonyl (C=O) groups is 3. The van der Waals surface area contributed by atoms with Gasteiger partial charge in [-0.2, -0.15) is 0 Å². The minimum absolute atomic E-state index is 0.0708. The number of hydrogen-bond acceptors (Lipinski definition) is 6. The van der Waals surface area contributed by atoms with E-state index < -0.39 is 0 Å². The highest BCUT2D eigenvalue weighted by molar-refractivity contribution is 7.14. The number of carbonyl (C=O) groups excluding carboxylic acids is 3. The molecule has 1 aliphatic carbocycles. The summed E-state index contributed by atoms with van der Waals surface area (Å²) in [5.74, 6) is -0.567. The van der Waals surface area contributed by atoms with Crippen LogP contribution in [0.4, 0.5) is 5.13 Å². The van der Waals surface area contributed by atoms with Gasteiger partial charge in [-0.15, -0.1) is 11.3 Å². The number of amides is 3. The average molecular weight is 493 g/mol. The lowest BCUT2D eigenvalue weighted by atomic mass is 9.75. The number of piperidine rings is 1. The van der Waals surface area contributed by atoms with Crippen molar-refractivity contribution >= 4 is 45.1 Å². The van der Waals surface area contributed by atoms with Gasteiger partial charge in [-0.25, -0.2) is 4.98 Å². The molecule has 2 fully saturated rings. The molecule has 1 saturated heterocycles. The summed E-state index contributed by atoms with van der Waals surface area (Å²) in [4.78, 5) is 44.7. The maximum atomic E-state index is 13.0. The number of thiazole rings is 1. The first-order valence-corrected chi connectivity index (χ1v) is 13.0. The van der Waals surface area contributed by atoms with Crippen molar-refractivity contribution in [1.29, 1.82) is 0 Å². The zero-order valence-electron chi connectivity index (χ0n) is 19.6. The number of aromatic nitrogens is 2. The molecule has 0 bridgehead atoms. The van der Waals surface area contributed by atoms with Gasteiger partial charge in [0.15, 0.2) is 5.13 Å². The van der Waals surface area contributed by atoms with E-state index in [1.165, 1.54) is 11.3 Å². The summed E-state index contributed by atoms with van der Waals surface area (Å²) < 4.78 is 2.14. The number of anilines is 1. The lowest BCUT2D eigenvalue weighted by molar-refractivity contribution is 0.0763. The van der Waals surface area contributed by atoms with Crippen LogP contribution in [0.5, 0.6) is 0 Å². The molecule has 4 heterocycles. The van der Waals surface area contributed by atoms with Crippen LogP contribution >= 0.6 is 11.3 Å². The maximum Gasteiger partial charge on any atom is 0.271 e. The highest BCUT2D eigenvalue weighted by Crippen LogP contribution is 2.44. The fraction of sp³-hybridized carbons (Fsp3) is 0.440. The summed E-state index contributed by atoms with van der Waals surface area (Å²) in [6, 6.07) is 7.56. The van der Waals surface area contributed by atoms with Gasteiger partial charge in [-0.05, 0) is 70.4 Å². The van der Waals surface area contributed by atoms with Crippen LogP contribution in [-0.4, -0.2) is 64.9 Å². The number of hydrogen-bond donors (Lipinski definition) is 3. The Morgan fingerprint density at radius 2 is 1.97 bits per heavy atom. The molecule has 3 N–H and O–H groups in total. The quantitative estimate of drug-likeness (QED) is 0.519. The van der Waals surface area contributed by atoms with Gasteiger partial charge in [0.2, 0.25) is 0 Å². The lowest BCUT2D eigenvalue weighted by Crippen LogP contribution is -2.55. The number of nitrogens with one attached hydrogen (secondary N) is 3. The Morgan fingerprint density at radius 1 is 1.17 bits per heavy atom. The molecule has 1 aromatic carbocycles. The van der Waals surface area contributed by atoms with Crippen LogP contribution in [0, 0.1) is 0 Å². The molecule has 0 unspecified atom stereocenters. The number of likely N-dealkylation sites (tertiary alicyclic amines) is 1. The largest absolute Gasteiger partial charge is 0.348 e. The third kappa shape index (κ3) is 3.90. The van der Waals surface area contributed by atoms with E-state index in [4.69, 9.17) is 0 Å². The van der Waals surface area contributed by atoms with Crippen LogP contribution in [0.1, 0.15) is 63.4 Å². The molecule has 1 spiro atoms. The number of nitrogens with zero attached hydrogens (tertiary/aromatic N) is 3. The van der Waals surface area contributed by atoms with Crippen molar-refractivity contribution in [1.82, 2.24) is 25.1 Å². The predicted octanol–water partition coefficient (Wildman–Crippen LogP) is 2.80. The van der Waals surface area contributed by atoms with Crippen molar-refractivity contribution in [2.75, 3.05) is 32.0 Å². The first-order chi connectivity index (χ1) is 16.9. The number of benzene rings is 1. The fourth-order valence-corrected chi connectivity index (χ4v) is 6.12. The van der Waals surface area contributed by atoms with Crippen LogP contribution < -0.4 is 16.0 Å². The topological polar surface area (TPSA) is 108 Å². The van der Waals surface area contributed by atoms with E-state index in [1.807, 2.05) is 18.2 Å². The van der Waals surface area contributed by atoms with E-state index in [0.717, 1.165) is 56.1 Å². The Labute approximate surface area is 206 Å². The smallest absolute Gasteiger partial charge is 0.271 e. The van der Waals surface area contributed by atoms with E-state index in [2.05, 4.69) is 37.4 Å². The van der Waals surface area contributed by atoms with E-state index in [-0.39, 0.29) is 29.3 Å². The van der Waals surface area contributed by atoms with Gasteiger partial charge in [-0.1, -0.05) is 6.07 Å². The molecule has 3 amide bonds. The molecular formula is C25H28N6O3S. The van der Waals surface area contributed by atoms with Crippen molar-refractivity contribution < 1.29 is 14.4 Å². The van der Waals surface area contributed by atoms with Gasteiger partial charge in [-0.3, -0.25) is 19.7 Å². The zero-order chi connectivity index (χ0) is 24.2. The molecule has 6 rings (SSSR count). The van der Waals surface area contributed by atoms with Gasteiger partial charge in [0.25, 0.3) is 17.7 Å². The number of rotatable bonds is 4. The SMILES string of the molecule is CN1CCC(NC(=O)c2csc(NC(=O)c3ccc4cc5n(c4c3)C3(CCC3)CNC5=O)n2)CC1. The van der Waals surface area contributed by atoms with Gasteiger partial charge in [0.05, 0.1) is 11.1 Å². The van der Waals surface area contributed by atoms with Crippen molar-refractivity contribution in [3.63, 3.8) is 0 Å². The van der Waals surface area contributed by atoms with E-state index in [9.17, 15) is 14.4 Å². The van der Waals surface area contributed by atoms with Crippen LogP contribution in [0.2, 0.25) is 0 Å². The first kappa shape index (κ1) is 22.2. The summed E-state index contributed by atoms with van der Waals surface area (Å²) >= 11 is 1.23. The highest BCUT2D eigenvalue weighted by atomic mass is 32.1. The third-order valence-corrected chi connectivity index (χ3v) is 8.40. The van der Waals surface area contributed by atoms with Crippen LogP contribution in [0.25, 0.3) is 10.9 Å². The second kappa shape index (κ2) is 8.46. The van der Waals surface area contributed by atoms with Crippen molar-refractivity contribution in [2.45, 2.75) is 43.7 Å². The predicted molar refractivity (Wildman–Crippen MR) is 134 cm³/mol. The number of fused-ring (bicyclic) bond motifs is 4. The molecule has 35 heavy (non-hydrogen) atoms. The van der Waals surface area contributed by atoms with Crippen LogP contribution in [0.3, 0.4) is 0 Å². The van der Waals surface area contributed by atoms with Gasteiger partial charge < -0.3 is 20.1 Å². The molecule has 3 aromatic rings. The molecule has 2 aromatic heterocycles. The first-order valence-electron chi connectivity index (χ1n) is 12.1. The summed E-state index contributed by atoms with van der Waals surface area (Å²) in [5.41, 5.74) is 2.28. The molecule has 1 saturated carbocycles. The zero-order valence-corrected chi connectivity index (χ0v) is 20.4. The minimum atomic E-state index is -0.290. The van der Waals surface area contributed by atoms with Crippen molar-refractivity contribution in [2.24, 2.45) is 0 Å². The molecule has 0 radical (unpaired) electrons. The summed E-state index contributed by atoms with van der Waals surface area (Å²) in [5, 5.41) is 11.9. The average Bonchev–Trinajstić information content (AvgIpc) is 3.45. The van der Waals surface area contributed by atoms with Gasteiger partial charge in [0.1, 0.15) is 11.4 Å².